The standard InChI is InChI=1S/C6H10N2O2S/c1-4(9)6-7-5(3-11-2)8-10-6/h4,9H,3H2,1-2H3. The van der Waals surface area contributed by atoms with Gasteiger partial charge in [0.05, 0.1) is 5.75 Å². The highest BCUT2D eigenvalue weighted by Gasteiger charge is 2.09. The largest absolute Gasteiger partial charge is 0.384 e. The van der Waals surface area contributed by atoms with Crippen LogP contribution in [0.2, 0.25) is 0 Å². The van der Waals surface area contributed by atoms with Crippen molar-refractivity contribution in [2.24, 2.45) is 0 Å². The molecule has 4 nitrogen and oxygen atoms in total. The number of aliphatic hydroxyl groups is 1. The van der Waals surface area contributed by atoms with Gasteiger partial charge in [-0.15, -0.1) is 0 Å². The molecule has 0 aliphatic heterocycles. The minimum atomic E-state index is -0.668. The van der Waals surface area contributed by atoms with Gasteiger partial charge in [0.1, 0.15) is 6.10 Å². The second-order valence-corrected chi connectivity index (χ2v) is 3.02. The van der Waals surface area contributed by atoms with Crippen molar-refractivity contribution in [1.82, 2.24) is 10.1 Å². The van der Waals surface area contributed by atoms with E-state index in [-0.39, 0.29) is 5.89 Å². The fourth-order valence-electron chi connectivity index (χ4n) is 0.625. The molecule has 0 saturated heterocycles. The first-order chi connectivity index (χ1) is 5.24. The maximum Gasteiger partial charge on any atom is 0.255 e. The van der Waals surface area contributed by atoms with Crippen LogP contribution in [0, 0.1) is 0 Å². The van der Waals surface area contributed by atoms with Crippen molar-refractivity contribution in [2.45, 2.75) is 18.8 Å². The van der Waals surface area contributed by atoms with E-state index in [4.69, 9.17) is 9.63 Å². The summed E-state index contributed by atoms with van der Waals surface area (Å²) in [5.41, 5.74) is 0. The quantitative estimate of drug-likeness (QED) is 0.740. The third-order valence-corrected chi connectivity index (χ3v) is 1.66. The number of aromatic nitrogens is 2. The Kier molecular flexibility index (Phi) is 2.90. The van der Waals surface area contributed by atoms with Gasteiger partial charge in [0.25, 0.3) is 5.89 Å². The molecule has 1 rings (SSSR count). The number of hydrogen-bond acceptors (Lipinski definition) is 5. The predicted octanol–water partition coefficient (Wildman–Crippen LogP) is 0.986. The van der Waals surface area contributed by atoms with Gasteiger partial charge in [-0.3, -0.25) is 0 Å². The number of rotatable bonds is 3. The molecule has 0 aromatic carbocycles. The van der Waals surface area contributed by atoms with E-state index in [0.717, 1.165) is 5.75 Å². The highest BCUT2D eigenvalue weighted by Crippen LogP contribution is 2.10. The molecule has 1 N–H and O–H groups in total. The van der Waals surface area contributed by atoms with E-state index in [1.807, 2.05) is 6.26 Å². The van der Waals surface area contributed by atoms with E-state index in [1.165, 1.54) is 0 Å². The molecule has 62 valence electrons. The molecule has 1 atom stereocenters. The zero-order valence-corrected chi connectivity index (χ0v) is 7.26. The Bertz CT molecular complexity index is 224. The van der Waals surface area contributed by atoms with Gasteiger partial charge in [-0.05, 0) is 13.2 Å². The molecule has 0 aliphatic carbocycles. The summed E-state index contributed by atoms with van der Waals surface area (Å²) < 4.78 is 4.75. The Morgan fingerprint density at radius 2 is 2.45 bits per heavy atom. The number of aliphatic hydroxyl groups excluding tert-OH is 1. The van der Waals surface area contributed by atoms with Gasteiger partial charge in [0.2, 0.25) is 0 Å². The molecule has 0 aliphatic rings. The summed E-state index contributed by atoms with van der Waals surface area (Å²) in [4.78, 5) is 3.95. The summed E-state index contributed by atoms with van der Waals surface area (Å²) in [6, 6.07) is 0. The minimum Gasteiger partial charge on any atom is -0.384 e. The lowest BCUT2D eigenvalue weighted by Gasteiger charge is -1.91. The number of hydrogen-bond donors (Lipinski definition) is 1. The van der Waals surface area contributed by atoms with E-state index < -0.39 is 6.10 Å². The molecular formula is C6H10N2O2S. The van der Waals surface area contributed by atoms with E-state index in [2.05, 4.69) is 10.1 Å². The van der Waals surface area contributed by atoms with Crippen molar-refractivity contribution >= 4 is 11.8 Å². The van der Waals surface area contributed by atoms with Gasteiger partial charge in [0, 0.05) is 0 Å². The van der Waals surface area contributed by atoms with Crippen LogP contribution < -0.4 is 0 Å². The number of thioether (sulfide) groups is 1. The van der Waals surface area contributed by atoms with Crippen LogP contribution in [0.5, 0.6) is 0 Å². The average molecular weight is 174 g/mol. The average Bonchev–Trinajstić information content (AvgIpc) is 2.37. The lowest BCUT2D eigenvalue weighted by atomic mass is 10.4. The fraction of sp³-hybridized carbons (Fsp3) is 0.667. The van der Waals surface area contributed by atoms with Crippen molar-refractivity contribution in [1.29, 1.82) is 0 Å². The smallest absolute Gasteiger partial charge is 0.255 e. The second kappa shape index (κ2) is 3.73. The monoisotopic (exact) mass is 174 g/mol. The van der Waals surface area contributed by atoms with Crippen LogP contribution in [-0.4, -0.2) is 21.5 Å². The summed E-state index contributed by atoms with van der Waals surface area (Å²) in [7, 11) is 0. The van der Waals surface area contributed by atoms with Gasteiger partial charge < -0.3 is 9.63 Å². The maximum atomic E-state index is 9.00. The maximum absolute atomic E-state index is 9.00. The summed E-state index contributed by atoms with van der Waals surface area (Å²) in [5, 5.41) is 12.7. The van der Waals surface area contributed by atoms with Crippen molar-refractivity contribution in [3.05, 3.63) is 11.7 Å². The van der Waals surface area contributed by atoms with Crippen molar-refractivity contribution in [2.75, 3.05) is 6.26 Å². The van der Waals surface area contributed by atoms with Crippen molar-refractivity contribution in [3.63, 3.8) is 0 Å². The molecule has 5 heteroatoms. The molecule has 1 unspecified atom stereocenters. The Morgan fingerprint density at radius 3 is 2.91 bits per heavy atom. The molecule has 0 amide bonds. The highest BCUT2D eigenvalue weighted by molar-refractivity contribution is 7.97. The van der Waals surface area contributed by atoms with Gasteiger partial charge in [-0.2, -0.15) is 16.7 Å². The first-order valence-corrected chi connectivity index (χ1v) is 4.63. The highest BCUT2D eigenvalue weighted by atomic mass is 32.2. The SMILES string of the molecule is CSCc1noc(C(C)O)n1. The van der Waals surface area contributed by atoms with Gasteiger partial charge in [-0.25, -0.2) is 0 Å². The fourth-order valence-corrected chi connectivity index (χ4v) is 1.00. The van der Waals surface area contributed by atoms with Crippen LogP contribution in [0.4, 0.5) is 0 Å². The molecule has 11 heavy (non-hydrogen) atoms. The van der Waals surface area contributed by atoms with Gasteiger partial charge >= 0.3 is 0 Å². The lowest BCUT2D eigenvalue weighted by Crippen LogP contribution is -1.91. The van der Waals surface area contributed by atoms with Crippen LogP contribution >= 0.6 is 11.8 Å². The zero-order chi connectivity index (χ0) is 8.27. The molecule has 1 aromatic heterocycles. The van der Waals surface area contributed by atoms with Crippen LogP contribution in [0.25, 0.3) is 0 Å². The summed E-state index contributed by atoms with van der Waals surface area (Å²) >= 11 is 1.61. The molecule has 0 spiro atoms. The van der Waals surface area contributed by atoms with Crippen molar-refractivity contribution < 1.29 is 9.63 Å². The van der Waals surface area contributed by atoms with E-state index in [1.54, 1.807) is 18.7 Å². The van der Waals surface area contributed by atoms with E-state index in [0.29, 0.717) is 5.82 Å². The Morgan fingerprint density at radius 1 is 1.73 bits per heavy atom. The molecule has 0 radical (unpaired) electrons. The first kappa shape index (κ1) is 8.55. The van der Waals surface area contributed by atoms with Gasteiger partial charge in [0.15, 0.2) is 5.82 Å². The molecular weight excluding hydrogens is 164 g/mol. The molecule has 0 fully saturated rings. The van der Waals surface area contributed by atoms with Crippen LogP contribution in [-0.2, 0) is 5.75 Å². The van der Waals surface area contributed by atoms with E-state index in [9.17, 15) is 0 Å². The summed E-state index contributed by atoms with van der Waals surface area (Å²) in [6.45, 7) is 1.59. The third kappa shape index (κ3) is 2.20. The zero-order valence-electron chi connectivity index (χ0n) is 6.44. The van der Waals surface area contributed by atoms with Gasteiger partial charge in [-0.1, -0.05) is 5.16 Å². The molecule has 1 heterocycles. The van der Waals surface area contributed by atoms with E-state index >= 15 is 0 Å². The normalized spacial score (nSPS) is 13.4. The summed E-state index contributed by atoms with van der Waals surface area (Å²) in [5.74, 6) is 1.64. The second-order valence-electron chi connectivity index (χ2n) is 2.16. The Hall–Kier alpha value is -0.550. The molecule has 0 bridgehead atoms. The van der Waals surface area contributed by atoms with Crippen LogP contribution in [0.15, 0.2) is 4.52 Å². The molecule has 1 aromatic rings. The van der Waals surface area contributed by atoms with Crippen molar-refractivity contribution in [3.8, 4) is 0 Å². The number of nitrogens with zero attached hydrogens (tertiary/aromatic N) is 2. The summed E-state index contributed by atoms with van der Waals surface area (Å²) in [6.07, 6.45) is 1.29. The Labute approximate surface area is 69.0 Å². The molecule has 0 saturated carbocycles. The Balaban J connectivity index is 2.66. The van der Waals surface area contributed by atoms with Crippen LogP contribution in [0.1, 0.15) is 24.7 Å². The third-order valence-electron chi connectivity index (χ3n) is 1.11. The van der Waals surface area contributed by atoms with Crippen LogP contribution in [0.3, 0.4) is 0 Å². The topological polar surface area (TPSA) is 59.2 Å². The minimum absolute atomic E-state index is 0.286. The first-order valence-electron chi connectivity index (χ1n) is 3.23. The predicted molar refractivity (Wildman–Crippen MR) is 42.2 cm³/mol. The lowest BCUT2D eigenvalue weighted by molar-refractivity contribution is 0.151.